The molecule has 0 atom stereocenters. The van der Waals surface area contributed by atoms with E-state index in [1.165, 1.54) is 11.1 Å². The number of aromatic nitrogens is 1. The Hall–Kier alpha value is -2.40. The third-order valence-electron chi connectivity index (χ3n) is 3.01. The third-order valence-corrected chi connectivity index (χ3v) is 3.01. The molecule has 0 saturated carbocycles. The van der Waals surface area contributed by atoms with E-state index in [9.17, 15) is 0 Å². The maximum absolute atomic E-state index is 8.62. The molecule has 0 unspecified atom stereocenters. The summed E-state index contributed by atoms with van der Waals surface area (Å²) in [5, 5.41) is 11.6. The lowest BCUT2D eigenvalue weighted by molar-refractivity contribution is 0.318. The lowest BCUT2D eigenvalue weighted by Crippen LogP contribution is -2.17. The normalized spacial score (nSPS) is 11.8. The van der Waals surface area contributed by atoms with Crippen LogP contribution in [0.1, 0.15) is 16.7 Å². The number of amidine groups is 1. The molecule has 2 aromatic rings. The molecule has 3 N–H and O–H groups in total. The molecule has 0 spiro atoms. The Bertz CT molecular complexity index is 566. The van der Waals surface area contributed by atoms with Gasteiger partial charge >= 0.3 is 0 Å². The molecule has 1 heterocycles. The lowest BCUT2D eigenvalue weighted by atomic mass is 10.1. The number of benzene rings is 1. The average Bonchev–Trinajstić information content (AvgIpc) is 2.48. The molecule has 5 nitrogen and oxygen atoms in total. The smallest absolute Gasteiger partial charge is 0.170 e. The highest BCUT2D eigenvalue weighted by atomic mass is 16.4. The topological polar surface area (TPSA) is 74.7 Å². The zero-order valence-corrected chi connectivity index (χ0v) is 11.4. The minimum atomic E-state index is 0.127. The fourth-order valence-electron chi connectivity index (χ4n) is 2.01. The number of rotatable bonds is 5. The average molecular weight is 270 g/mol. The van der Waals surface area contributed by atoms with Crippen molar-refractivity contribution in [2.75, 3.05) is 7.05 Å². The third kappa shape index (κ3) is 3.80. The monoisotopic (exact) mass is 270 g/mol. The summed E-state index contributed by atoms with van der Waals surface area (Å²) >= 11 is 0. The lowest BCUT2D eigenvalue weighted by Gasteiger charge is -2.16. The Labute approximate surface area is 118 Å². The molecule has 1 aromatic carbocycles. The largest absolute Gasteiger partial charge is 0.409 e. The quantitative estimate of drug-likeness (QED) is 0.376. The molecule has 20 heavy (non-hydrogen) atoms. The summed E-state index contributed by atoms with van der Waals surface area (Å²) in [6.07, 6.45) is 3.60. The van der Waals surface area contributed by atoms with E-state index in [1.807, 2.05) is 36.4 Å². The summed E-state index contributed by atoms with van der Waals surface area (Å²) in [7, 11) is 2.07. The highest BCUT2D eigenvalue weighted by Gasteiger charge is 2.03. The molecular weight excluding hydrogens is 252 g/mol. The van der Waals surface area contributed by atoms with Gasteiger partial charge in [0.2, 0.25) is 0 Å². The summed E-state index contributed by atoms with van der Waals surface area (Å²) in [5.41, 5.74) is 8.66. The van der Waals surface area contributed by atoms with Crippen molar-refractivity contribution in [2.24, 2.45) is 10.9 Å². The molecule has 0 saturated heterocycles. The molecule has 5 heteroatoms. The number of hydrogen-bond donors (Lipinski definition) is 2. The van der Waals surface area contributed by atoms with Gasteiger partial charge in [-0.1, -0.05) is 29.4 Å². The molecule has 2 rings (SSSR count). The van der Waals surface area contributed by atoms with Crippen molar-refractivity contribution in [3.05, 3.63) is 65.5 Å². The first-order valence-corrected chi connectivity index (χ1v) is 6.33. The van der Waals surface area contributed by atoms with Crippen LogP contribution in [-0.2, 0) is 13.1 Å². The maximum Gasteiger partial charge on any atom is 0.170 e. The Morgan fingerprint density at radius 3 is 2.20 bits per heavy atom. The first-order valence-electron chi connectivity index (χ1n) is 6.33. The van der Waals surface area contributed by atoms with Crippen molar-refractivity contribution in [3.63, 3.8) is 0 Å². The van der Waals surface area contributed by atoms with Gasteiger partial charge in [-0.3, -0.25) is 9.88 Å². The molecule has 0 fully saturated rings. The summed E-state index contributed by atoms with van der Waals surface area (Å²) < 4.78 is 0. The van der Waals surface area contributed by atoms with Crippen molar-refractivity contribution in [1.82, 2.24) is 9.88 Å². The van der Waals surface area contributed by atoms with E-state index in [1.54, 1.807) is 12.4 Å². The fraction of sp³-hybridized carbons (Fsp3) is 0.200. The number of nitrogens with zero attached hydrogens (tertiary/aromatic N) is 3. The van der Waals surface area contributed by atoms with Crippen LogP contribution in [0, 0.1) is 0 Å². The molecule has 104 valence electrons. The van der Waals surface area contributed by atoms with Crippen molar-refractivity contribution in [2.45, 2.75) is 13.1 Å². The molecule has 0 radical (unpaired) electrons. The zero-order chi connectivity index (χ0) is 14.4. The molecule has 0 aliphatic rings. The number of pyridine rings is 1. The number of nitrogens with two attached hydrogens (primary N) is 1. The van der Waals surface area contributed by atoms with Gasteiger partial charge in [0.15, 0.2) is 5.84 Å². The van der Waals surface area contributed by atoms with Crippen molar-refractivity contribution in [1.29, 1.82) is 0 Å². The minimum absolute atomic E-state index is 0.127. The van der Waals surface area contributed by atoms with Crippen LogP contribution in [0.2, 0.25) is 0 Å². The van der Waals surface area contributed by atoms with E-state index in [-0.39, 0.29) is 5.84 Å². The highest BCUT2D eigenvalue weighted by Crippen LogP contribution is 2.09. The Kier molecular flexibility index (Phi) is 4.68. The van der Waals surface area contributed by atoms with Crippen molar-refractivity contribution in [3.8, 4) is 0 Å². The van der Waals surface area contributed by atoms with Gasteiger partial charge in [0.05, 0.1) is 0 Å². The predicted molar refractivity (Wildman–Crippen MR) is 78.4 cm³/mol. The van der Waals surface area contributed by atoms with Crippen LogP contribution in [0.25, 0.3) is 0 Å². The van der Waals surface area contributed by atoms with Crippen LogP contribution < -0.4 is 5.73 Å². The fourth-order valence-corrected chi connectivity index (χ4v) is 2.01. The number of hydrogen-bond acceptors (Lipinski definition) is 4. The van der Waals surface area contributed by atoms with Gasteiger partial charge in [-0.2, -0.15) is 0 Å². The van der Waals surface area contributed by atoms with E-state index in [2.05, 4.69) is 22.1 Å². The maximum atomic E-state index is 8.62. The van der Waals surface area contributed by atoms with Gasteiger partial charge in [-0.05, 0) is 30.3 Å². The van der Waals surface area contributed by atoms with Gasteiger partial charge in [0.25, 0.3) is 0 Å². The van der Waals surface area contributed by atoms with Crippen LogP contribution in [0.5, 0.6) is 0 Å². The van der Waals surface area contributed by atoms with E-state index >= 15 is 0 Å². The molecule has 0 amide bonds. The van der Waals surface area contributed by atoms with Gasteiger partial charge in [0, 0.05) is 31.0 Å². The van der Waals surface area contributed by atoms with Crippen LogP contribution in [-0.4, -0.2) is 28.0 Å². The Morgan fingerprint density at radius 2 is 1.65 bits per heavy atom. The van der Waals surface area contributed by atoms with Gasteiger partial charge < -0.3 is 10.9 Å². The molecule has 0 aliphatic heterocycles. The van der Waals surface area contributed by atoms with Gasteiger partial charge in [0.1, 0.15) is 0 Å². The Morgan fingerprint density at radius 1 is 1.10 bits per heavy atom. The molecule has 1 aromatic heterocycles. The first-order chi connectivity index (χ1) is 9.69. The first kappa shape index (κ1) is 14.0. The zero-order valence-electron chi connectivity index (χ0n) is 11.4. The van der Waals surface area contributed by atoms with Crippen LogP contribution in [0.3, 0.4) is 0 Å². The number of oxime groups is 1. The molecular formula is C15H18N4O. The molecule has 0 aliphatic carbocycles. The second kappa shape index (κ2) is 6.68. The SMILES string of the molecule is CN(Cc1ccncc1)Cc1ccc(/C(N)=N/O)cc1. The predicted octanol–water partition coefficient (Wildman–Crippen LogP) is 1.81. The molecule has 0 bridgehead atoms. The van der Waals surface area contributed by atoms with Crippen molar-refractivity contribution < 1.29 is 5.21 Å². The van der Waals surface area contributed by atoms with E-state index in [4.69, 9.17) is 10.9 Å². The van der Waals surface area contributed by atoms with Gasteiger partial charge in [-0.15, -0.1) is 0 Å². The summed E-state index contributed by atoms with van der Waals surface area (Å²) in [5.74, 6) is 0.127. The standard InChI is InChI=1S/C15H18N4O/c1-19(11-13-6-8-17-9-7-13)10-12-2-4-14(5-3-12)15(16)18-20/h2-9,20H,10-11H2,1H3,(H2,16,18). The van der Waals surface area contributed by atoms with E-state index < -0.39 is 0 Å². The van der Waals surface area contributed by atoms with E-state index in [0.717, 1.165) is 13.1 Å². The summed E-state index contributed by atoms with van der Waals surface area (Å²) in [4.78, 5) is 6.23. The highest BCUT2D eigenvalue weighted by molar-refractivity contribution is 5.96. The van der Waals surface area contributed by atoms with Gasteiger partial charge in [-0.25, -0.2) is 0 Å². The summed E-state index contributed by atoms with van der Waals surface area (Å²) in [6, 6.07) is 11.7. The van der Waals surface area contributed by atoms with Crippen molar-refractivity contribution >= 4 is 5.84 Å². The van der Waals surface area contributed by atoms with Crippen LogP contribution in [0.15, 0.2) is 53.9 Å². The van der Waals surface area contributed by atoms with Crippen LogP contribution >= 0.6 is 0 Å². The second-order valence-corrected chi connectivity index (χ2v) is 4.71. The summed E-state index contributed by atoms with van der Waals surface area (Å²) in [6.45, 7) is 1.70. The Balaban J connectivity index is 1.96. The van der Waals surface area contributed by atoms with E-state index in [0.29, 0.717) is 5.56 Å². The van der Waals surface area contributed by atoms with Crippen LogP contribution in [0.4, 0.5) is 0 Å². The second-order valence-electron chi connectivity index (χ2n) is 4.71. The minimum Gasteiger partial charge on any atom is -0.409 e.